The molecule has 4 heterocycles. The predicted octanol–water partition coefficient (Wildman–Crippen LogP) is 6.29. The predicted molar refractivity (Wildman–Crippen MR) is 174 cm³/mol. The van der Waals surface area contributed by atoms with Crippen molar-refractivity contribution in [1.82, 2.24) is 34.8 Å². The normalized spacial score (nSPS) is 15.0. The van der Waals surface area contributed by atoms with E-state index in [4.69, 9.17) is 4.74 Å². The molecule has 6 rings (SSSR count). The van der Waals surface area contributed by atoms with E-state index in [9.17, 15) is 22.8 Å². The number of alkyl halides is 3. The fraction of sp³-hybridized carbons (Fsp3) is 0.406. The van der Waals surface area contributed by atoms with Crippen molar-refractivity contribution in [3.05, 3.63) is 59.2 Å². The number of anilines is 1. The molecule has 1 amide bonds. The Morgan fingerprint density at radius 2 is 1.81 bits per heavy atom. The van der Waals surface area contributed by atoms with Crippen LogP contribution in [0, 0.1) is 0 Å². The van der Waals surface area contributed by atoms with Crippen LogP contribution < -0.4 is 10.6 Å². The van der Waals surface area contributed by atoms with Gasteiger partial charge in [0.05, 0.1) is 29.5 Å². The number of ether oxygens (including phenoxy) is 1. The van der Waals surface area contributed by atoms with Gasteiger partial charge in [-0.05, 0) is 90.1 Å². The first-order chi connectivity index (χ1) is 22.2. The van der Waals surface area contributed by atoms with E-state index >= 15 is 0 Å². The summed E-state index contributed by atoms with van der Waals surface area (Å²) >= 11 is 1.12. The first kappa shape index (κ1) is 32.4. The lowest BCUT2D eigenvalue weighted by Gasteiger charge is -2.30. The number of benzene rings is 2. The first-order valence-corrected chi connectivity index (χ1v) is 16.0. The van der Waals surface area contributed by atoms with Crippen molar-refractivity contribution in [2.45, 2.75) is 64.5 Å². The smallest absolute Gasteiger partial charge is 0.435 e. The van der Waals surface area contributed by atoms with E-state index in [1.165, 1.54) is 10.8 Å². The zero-order valence-electron chi connectivity index (χ0n) is 26.4. The molecule has 47 heavy (non-hydrogen) atoms. The lowest BCUT2D eigenvalue weighted by Crippen LogP contribution is -2.36. The Balaban J connectivity index is 1.20. The number of rotatable bonds is 7. The quantitative estimate of drug-likeness (QED) is 0.208. The summed E-state index contributed by atoms with van der Waals surface area (Å²) in [5.74, 6) is -0.399. The van der Waals surface area contributed by atoms with Crippen LogP contribution in [0.25, 0.3) is 32.5 Å². The van der Waals surface area contributed by atoms with Gasteiger partial charge >= 0.3 is 12.3 Å². The minimum absolute atomic E-state index is 0.0220. The summed E-state index contributed by atoms with van der Waals surface area (Å²) in [6.07, 6.45) is -1.72. The molecule has 3 aromatic heterocycles. The van der Waals surface area contributed by atoms with Gasteiger partial charge in [0, 0.05) is 28.1 Å². The monoisotopic (exact) mass is 668 g/mol. The minimum atomic E-state index is -4.45. The Morgan fingerprint density at radius 1 is 1.04 bits per heavy atom. The third kappa shape index (κ3) is 7.41. The number of piperidine rings is 1. The molecule has 2 aromatic carbocycles. The van der Waals surface area contributed by atoms with Crippen LogP contribution in [0.15, 0.2) is 48.7 Å². The molecule has 0 aliphatic carbocycles. The van der Waals surface area contributed by atoms with E-state index in [0.29, 0.717) is 43.1 Å². The summed E-state index contributed by atoms with van der Waals surface area (Å²) in [5.41, 5.74) is 1.67. The number of halogens is 3. The Morgan fingerprint density at radius 3 is 2.53 bits per heavy atom. The minimum Gasteiger partial charge on any atom is -0.442 e. The fourth-order valence-electron chi connectivity index (χ4n) is 5.62. The van der Waals surface area contributed by atoms with Crippen LogP contribution in [-0.4, -0.2) is 79.4 Å². The second-order valence-electron chi connectivity index (χ2n) is 12.7. The van der Waals surface area contributed by atoms with Crippen LogP contribution in [0.1, 0.15) is 49.0 Å². The van der Waals surface area contributed by atoms with Gasteiger partial charge in [0.25, 0.3) is 5.91 Å². The van der Waals surface area contributed by atoms with Gasteiger partial charge in [-0.3, -0.25) is 4.79 Å². The number of amides is 1. The molecule has 5 aromatic rings. The van der Waals surface area contributed by atoms with E-state index < -0.39 is 30.3 Å². The van der Waals surface area contributed by atoms with Crippen molar-refractivity contribution in [3.8, 4) is 10.7 Å². The topological polar surface area (TPSA) is 119 Å². The zero-order valence-corrected chi connectivity index (χ0v) is 27.2. The molecule has 1 aliphatic heterocycles. The highest BCUT2D eigenvalue weighted by Gasteiger charge is 2.31. The van der Waals surface area contributed by atoms with E-state index in [1.54, 1.807) is 57.2 Å². The molecule has 0 spiro atoms. The van der Waals surface area contributed by atoms with Crippen molar-refractivity contribution in [3.63, 3.8) is 0 Å². The molecule has 0 saturated carbocycles. The second kappa shape index (κ2) is 12.6. The van der Waals surface area contributed by atoms with Gasteiger partial charge in [0.2, 0.25) is 0 Å². The van der Waals surface area contributed by atoms with Crippen LogP contribution in [0.4, 0.5) is 23.7 Å². The van der Waals surface area contributed by atoms with Gasteiger partial charge in [-0.15, -0.1) is 10.2 Å². The Bertz CT molecular complexity index is 1930. The summed E-state index contributed by atoms with van der Waals surface area (Å²) in [4.78, 5) is 27.8. The molecule has 0 unspecified atom stereocenters. The third-order valence-corrected chi connectivity index (χ3v) is 8.79. The molecule has 1 saturated heterocycles. The average molecular weight is 669 g/mol. The maximum Gasteiger partial charge on any atom is 0.435 e. The van der Waals surface area contributed by atoms with Gasteiger partial charge in [0.15, 0.2) is 5.01 Å². The first-order valence-electron chi connectivity index (χ1n) is 15.2. The molecular weight excluding hydrogens is 633 g/mol. The summed E-state index contributed by atoms with van der Waals surface area (Å²) < 4.78 is 49.1. The summed E-state index contributed by atoms with van der Waals surface area (Å²) in [6.45, 7) is 6.02. The van der Waals surface area contributed by atoms with E-state index in [0.717, 1.165) is 47.6 Å². The number of carbonyl (C=O) groups is 2. The Hall–Kier alpha value is -4.50. The van der Waals surface area contributed by atoms with Gasteiger partial charge in [-0.25, -0.2) is 4.79 Å². The van der Waals surface area contributed by atoms with E-state index in [1.807, 2.05) is 6.07 Å². The highest BCUT2D eigenvalue weighted by Crippen LogP contribution is 2.36. The molecule has 0 atom stereocenters. The standard InChI is InChI=1S/C32H35F3N8O3S/c1-31(2,3)46-30(45)43-24-9-8-19(14-20(24)16-37-43)28(44)36-17-27-39-40-29(47-27)26-15-22-23(38-21-10-12-41(4)13-11-21)6-5-7-25(22)42(26)18-32(33,34)35/h5-9,14-16,21,38H,10-13,17-18H2,1-4H3,(H,36,44). The lowest BCUT2D eigenvalue weighted by molar-refractivity contribution is -0.139. The van der Waals surface area contributed by atoms with Crippen LogP contribution in [0.2, 0.25) is 0 Å². The van der Waals surface area contributed by atoms with Crippen LogP contribution >= 0.6 is 11.3 Å². The number of aromatic nitrogens is 5. The molecule has 15 heteroatoms. The summed E-state index contributed by atoms with van der Waals surface area (Å²) in [5, 5.41) is 20.8. The fourth-order valence-corrected chi connectivity index (χ4v) is 6.43. The molecule has 11 nitrogen and oxygen atoms in total. The van der Waals surface area contributed by atoms with Crippen molar-refractivity contribution < 1.29 is 27.5 Å². The number of fused-ring (bicyclic) bond motifs is 2. The van der Waals surface area contributed by atoms with E-state index in [2.05, 4.69) is 37.9 Å². The number of nitrogens with zero attached hydrogens (tertiary/aromatic N) is 6. The lowest BCUT2D eigenvalue weighted by atomic mass is 10.0. The molecular formula is C32H35F3N8O3S. The number of carbonyl (C=O) groups excluding carboxylic acids is 2. The highest BCUT2D eigenvalue weighted by molar-refractivity contribution is 7.14. The van der Waals surface area contributed by atoms with Gasteiger partial charge in [-0.1, -0.05) is 17.4 Å². The third-order valence-electron chi connectivity index (χ3n) is 7.84. The SMILES string of the molecule is CN1CCC(Nc2cccc3c2cc(-c2nnc(CNC(=O)c4ccc5c(cnn5C(=O)OC(C)(C)C)c4)s2)n3CC(F)(F)F)CC1. The number of nitrogens with one attached hydrogen (secondary N) is 2. The van der Waals surface area contributed by atoms with Crippen molar-refractivity contribution in [2.24, 2.45) is 0 Å². The molecule has 1 aliphatic rings. The Labute approximate surface area is 272 Å². The van der Waals surface area contributed by atoms with Crippen molar-refractivity contribution >= 4 is 50.8 Å². The molecule has 1 fully saturated rings. The largest absolute Gasteiger partial charge is 0.442 e. The van der Waals surface area contributed by atoms with Crippen LogP contribution in [0.3, 0.4) is 0 Å². The number of likely N-dealkylation sites (tertiary alicyclic amines) is 1. The van der Waals surface area contributed by atoms with Crippen molar-refractivity contribution in [2.75, 3.05) is 25.5 Å². The number of hydrogen-bond donors (Lipinski definition) is 2. The van der Waals surface area contributed by atoms with Crippen LogP contribution in [-0.2, 0) is 17.8 Å². The molecule has 0 radical (unpaired) electrons. The van der Waals surface area contributed by atoms with E-state index in [-0.39, 0.29) is 12.6 Å². The van der Waals surface area contributed by atoms with Crippen LogP contribution in [0.5, 0.6) is 0 Å². The van der Waals surface area contributed by atoms with Gasteiger partial charge < -0.3 is 24.8 Å². The van der Waals surface area contributed by atoms with Gasteiger partial charge in [0.1, 0.15) is 17.2 Å². The maximum atomic E-state index is 13.8. The molecule has 248 valence electrons. The average Bonchev–Trinajstić information content (AvgIpc) is 3.73. The zero-order chi connectivity index (χ0) is 33.5. The molecule has 2 N–H and O–H groups in total. The second-order valence-corrected chi connectivity index (χ2v) is 13.7. The highest BCUT2D eigenvalue weighted by atomic mass is 32.1. The molecule has 0 bridgehead atoms. The summed E-state index contributed by atoms with van der Waals surface area (Å²) in [6, 6.07) is 12.1. The maximum absolute atomic E-state index is 13.8. The Kier molecular flexibility index (Phi) is 8.70. The summed E-state index contributed by atoms with van der Waals surface area (Å²) in [7, 11) is 2.08. The van der Waals surface area contributed by atoms with Crippen molar-refractivity contribution in [1.29, 1.82) is 0 Å². The van der Waals surface area contributed by atoms with Gasteiger partial charge in [-0.2, -0.15) is 23.0 Å². The number of hydrogen-bond acceptors (Lipinski definition) is 9.